The molecule has 2 heteroatoms. The Morgan fingerprint density at radius 3 is 1.42 bits per heavy atom. The van der Waals surface area contributed by atoms with Gasteiger partial charge in [-0.3, -0.25) is 0 Å². The molecule has 1 fully saturated rings. The molecule has 0 N–H and O–H groups in total. The standard InChI is InChI=1S/C4H8O.2C3H7.Al.H/c1-2-4-5-3-1;2*1-3-2;;/h1-4H2;2*3H,1-2H3;;. The lowest BCUT2D eigenvalue weighted by atomic mass is 10.4. The second kappa shape index (κ2) is 8.11. The summed E-state index contributed by atoms with van der Waals surface area (Å²) >= 11 is 0.281. The molecule has 1 aliphatic heterocycles. The van der Waals surface area contributed by atoms with Gasteiger partial charge in [0.2, 0.25) is 15.2 Å². The van der Waals surface area contributed by atoms with Crippen LogP contribution in [0.25, 0.3) is 0 Å². The third-order valence-corrected chi connectivity index (χ3v) is 3.66. The minimum Gasteiger partial charge on any atom is -0.381 e. The van der Waals surface area contributed by atoms with Gasteiger partial charge in [-0.2, -0.15) is 0 Å². The summed E-state index contributed by atoms with van der Waals surface area (Å²) in [6.45, 7) is 11.3. The van der Waals surface area contributed by atoms with Crippen LogP contribution < -0.4 is 0 Å². The van der Waals surface area contributed by atoms with Crippen molar-refractivity contribution in [1.29, 1.82) is 0 Å². The van der Waals surface area contributed by atoms with Gasteiger partial charge in [0.15, 0.2) is 0 Å². The summed E-state index contributed by atoms with van der Waals surface area (Å²) < 4.78 is 6.97. The molecule has 0 aromatic rings. The van der Waals surface area contributed by atoms with Crippen LogP contribution in [0.2, 0.25) is 9.56 Å². The first-order valence-corrected chi connectivity index (χ1v) is 6.84. The Hall–Kier alpha value is 0.492. The van der Waals surface area contributed by atoms with Gasteiger partial charge in [0.05, 0.1) is 0 Å². The summed E-state index contributed by atoms with van der Waals surface area (Å²) in [6.07, 6.45) is 2.56. The highest BCUT2D eigenvalue weighted by Crippen LogP contribution is 2.07. The van der Waals surface area contributed by atoms with Gasteiger partial charge in [-0.1, -0.05) is 37.3 Å². The third kappa shape index (κ3) is 10.5. The third-order valence-electron chi connectivity index (χ3n) is 1.77. The maximum atomic E-state index is 4.94. The molecule has 1 heterocycles. The first kappa shape index (κ1) is 12.5. The molecule has 0 aliphatic carbocycles. The molecule has 12 heavy (non-hydrogen) atoms. The van der Waals surface area contributed by atoms with E-state index in [1.165, 1.54) is 12.8 Å². The van der Waals surface area contributed by atoms with Crippen LogP contribution >= 0.6 is 0 Å². The molecule has 1 rings (SSSR count). The molecular formula is C10H23AlO. The number of hydrogen-bond acceptors (Lipinski definition) is 1. The molecule has 0 radical (unpaired) electrons. The molecule has 0 amide bonds. The fourth-order valence-electron chi connectivity index (χ4n) is 1.45. The summed E-state index contributed by atoms with van der Waals surface area (Å²) in [5.74, 6) is 0. The molecule has 0 bridgehead atoms. The Bertz CT molecular complexity index is 74.2. The summed E-state index contributed by atoms with van der Waals surface area (Å²) in [4.78, 5) is 0. The monoisotopic (exact) mass is 186 g/mol. The smallest absolute Gasteiger partial charge is 0.243 e. The molecule has 0 atom stereocenters. The minimum atomic E-state index is 0.281. The Kier molecular flexibility index (Phi) is 8.44. The average molecular weight is 186 g/mol. The molecule has 0 saturated carbocycles. The van der Waals surface area contributed by atoms with Gasteiger partial charge in [-0.05, 0) is 12.8 Å². The molecule has 1 saturated heterocycles. The van der Waals surface area contributed by atoms with Crippen LogP contribution in [0.4, 0.5) is 0 Å². The van der Waals surface area contributed by atoms with Gasteiger partial charge >= 0.3 is 0 Å². The van der Waals surface area contributed by atoms with E-state index in [1.807, 2.05) is 0 Å². The highest BCUT2D eigenvalue weighted by molar-refractivity contribution is 6.38. The van der Waals surface area contributed by atoms with E-state index in [2.05, 4.69) is 27.7 Å². The maximum Gasteiger partial charge on any atom is 0.243 e. The molecule has 0 aromatic heterocycles. The van der Waals surface area contributed by atoms with E-state index in [1.54, 1.807) is 0 Å². The van der Waals surface area contributed by atoms with E-state index in [0.717, 1.165) is 22.8 Å². The highest BCUT2D eigenvalue weighted by atomic mass is 27.1. The van der Waals surface area contributed by atoms with Crippen molar-refractivity contribution >= 4 is 15.2 Å². The summed E-state index contributed by atoms with van der Waals surface area (Å²) in [6, 6.07) is 0. The Balaban J connectivity index is 0.000000211. The van der Waals surface area contributed by atoms with E-state index in [4.69, 9.17) is 4.74 Å². The number of hydrogen-bond donors (Lipinski definition) is 0. The Labute approximate surface area is 83.6 Å². The predicted octanol–water partition coefficient (Wildman–Crippen LogP) is 2.88. The summed E-state index contributed by atoms with van der Waals surface area (Å²) in [7, 11) is 0. The minimum absolute atomic E-state index is 0.281. The van der Waals surface area contributed by atoms with E-state index in [0.29, 0.717) is 0 Å². The predicted molar refractivity (Wildman–Crippen MR) is 57.4 cm³/mol. The van der Waals surface area contributed by atoms with Crippen LogP contribution in [0.3, 0.4) is 0 Å². The van der Waals surface area contributed by atoms with Crippen molar-refractivity contribution in [3.05, 3.63) is 0 Å². The molecule has 72 valence electrons. The van der Waals surface area contributed by atoms with E-state index in [9.17, 15) is 0 Å². The van der Waals surface area contributed by atoms with Crippen molar-refractivity contribution in [1.82, 2.24) is 0 Å². The molecule has 0 unspecified atom stereocenters. The first-order valence-electron chi connectivity index (χ1n) is 5.20. The average Bonchev–Trinajstić information content (AvgIpc) is 2.36. The van der Waals surface area contributed by atoms with Gasteiger partial charge in [0, 0.05) is 13.2 Å². The molecule has 0 spiro atoms. The fraction of sp³-hybridized carbons (Fsp3) is 1.00. The Morgan fingerprint density at radius 1 is 0.917 bits per heavy atom. The topological polar surface area (TPSA) is 9.23 Å². The summed E-state index contributed by atoms with van der Waals surface area (Å²) in [5, 5.41) is 0. The van der Waals surface area contributed by atoms with E-state index >= 15 is 0 Å². The second-order valence-corrected chi connectivity index (χ2v) is 8.08. The van der Waals surface area contributed by atoms with Crippen molar-refractivity contribution in [2.75, 3.05) is 13.2 Å². The zero-order valence-corrected chi connectivity index (χ0v) is 10.5. The zero-order valence-electron chi connectivity index (χ0n) is 9.10. The van der Waals surface area contributed by atoms with E-state index in [-0.39, 0.29) is 15.2 Å². The van der Waals surface area contributed by atoms with Crippen LogP contribution in [0.1, 0.15) is 40.5 Å². The van der Waals surface area contributed by atoms with Crippen LogP contribution in [-0.2, 0) is 4.74 Å². The van der Waals surface area contributed by atoms with Crippen LogP contribution in [0.5, 0.6) is 0 Å². The normalized spacial score (nSPS) is 16.2. The van der Waals surface area contributed by atoms with Crippen molar-refractivity contribution in [2.24, 2.45) is 0 Å². The Morgan fingerprint density at radius 2 is 1.33 bits per heavy atom. The molecular weight excluding hydrogens is 163 g/mol. The lowest BCUT2D eigenvalue weighted by molar-refractivity contribution is 0.198. The summed E-state index contributed by atoms with van der Waals surface area (Å²) in [5.41, 5.74) is 0. The van der Waals surface area contributed by atoms with Crippen LogP contribution in [0.15, 0.2) is 0 Å². The van der Waals surface area contributed by atoms with Gasteiger partial charge in [-0.25, -0.2) is 0 Å². The van der Waals surface area contributed by atoms with Crippen molar-refractivity contribution < 1.29 is 4.74 Å². The van der Waals surface area contributed by atoms with Gasteiger partial charge in [-0.15, -0.1) is 0 Å². The van der Waals surface area contributed by atoms with Crippen LogP contribution in [0, 0.1) is 0 Å². The molecule has 1 aliphatic rings. The molecule has 0 aromatic carbocycles. The van der Waals surface area contributed by atoms with Crippen molar-refractivity contribution in [2.45, 2.75) is 50.1 Å². The SMILES string of the molecule is C1CCOC1.C[CH](C)[AlH][CH](C)C. The lowest BCUT2D eigenvalue weighted by Gasteiger charge is -2.01. The quantitative estimate of drug-likeness (QED) is 0.602. The number of ether oxygens (including phenoxy) is 1. The zero-order chi connectivity index (χ0) is 9.40. The first-order chi connectivity index (χ1) is 5.63. The number of rotatable bonds is 2. The second-order valence-electron chi connectivity index (χ2n) is 4.34. The van der Waals surface area contributed by atoms with Crippen molar-refractivity contribution in [3.63, 3.8) is 0 Å². The van der Waals surface area contributed by atoms with Crippen LogP contribution in [-0.4, -0.2) is 28.4 Å². The maximum absolute atomic E-state index is 4.94. The fourth-order valence-corrected chi connectivity index (χ4v) is 3.34. The van der Waals surface area contributed by atoms with Gasteiger partial charge in [0.1, 0.15) is 0 Å². The molecule has 1 nitrogen and oxygen atoms in total. The van der Waals surface area contributed by atoms with E-state index < -0.39 is 0 Å². The van der Waals surface area contributed by atoms with Crippen molar-refractivity contribution in [3.8, 4) is 0 Å². The van der Waals surface area contributed by atoms with Gasteiger partial charge < -0.3 is 4.74 Å². The van der Waals surface area contributed by atoms with Gasteiger partial charge in [0.25, 0.3) is 0 Å². The lowest BCUT2D eigenvalue weighted by Crippen LogP contribution is -1.98. The largest absolute Gasteiger partial charge is 0.381 e. The highest BCUT2D eigenvalue weighted by Gasteiger charge is 2.01.